The molecule has 1 N–H and O–H groups in total. The molecule has 1 aromatic heterocycles. The number of halogens is 4. The Morgan fingerprint density at radius 3 is 2.42 bits per heavy atom. The molecule has 0 unspecified atom stereocenters. The van der Waals surface area contributed by atoms with Gasteiger partial charge in [-0.25, -0.2) is 4.98 Å². The Balaban J connectivity index is 2.19. The van der Waals surface area contributed by atoms with Crippen LogP contribution in [-0.2, 0) is 6.18 Å². The molecule has 7 heteroatoms. The number of nitrogens with zero attached hydrogens (tertiary/aromatic N) is 2. The second-order valence-corrected chi connectivity index (χ2v) is 5.42. The maximum Gasteiger partial charge on any atom is 0.417 e. The first kappa shape index (κ1) is 14.4. The number of aliphatic hydroxyl groups is 1. The molecule has 1 saturated heterocycles. The van der Waals surface area contributed by atoms with E-state index in [-0.39, 0.29) is 5.02 Å². The zero-order valence-electron chi connectivity index (χ0n) is 10.3. The quantitative estimate of drug-likeness (QED) is 0.864. The fourth-order valence-electron chi connectivity index (χ4n) is 2.02. The van der Waals surface area contributed by atoms with E-state index < -0.39 is 17.3 Å². The molecule has 0 aliphatic carbocycles. The summed E-state index contributed by atoms with van der Waals surface area (Å²) in [4.78, 5) is 5.60. The van der Waals surface area contributed by atoms with Crippen LogP contribution < -0.4 is 4.90 Å². The zero-order chi connectivity index (χ0) is 14.3. The van der Waals surface area contributed by atoms with Crippen LogP contribution in [0, 0.1) is 0 Å². The normalized spacial score (nSPS) is 19.6. The number of hydrogen-bond acceptors (Lipinski definition) is 3. The van der Waals surface area contributed by atoms with E-state index in [1.165, 1.54) is 0 Å². The summed E-state index contributed by atoms with van der Waals surface area (Å²) in [5.41, 5.74) is -1.58. The highest BCUT2D eigenvalue weighted by Gasteiger charge is 2.33. The average molecular weight is 295 g/mol. The third-order valence-electron chi connectivity index (χ3n) is 3.29. The second-order valence-electron chi connectivity index (χ2n) is 5.01. The van der Waals surface area contributed by atoms with Crippen molar-refractivity contribution in [3.05, 3.63) is 22.8 Å². The Morgan fingerprint density at radius 2 is 1.95 bits per heavy atom. The molecular formula is C12H14ClF3N2O. The van der Waals surface area contributed by atoms with Crippen LogP contribution in [0.5, 0.6) is 0 Å². The van der Waals surface area contributed by atoms with E-state index in [2.05, 4.69) is 4.98 Å². The molecule has 3 nitrogen and oxygen atoms in total. The van der Waals surface area contributed by atoms with Gasteiger partial charge in [-0.15, -0.1) is 0 Å². The van der Waals surface area contributed by atoms with E-state index in [1.807, 2.05) is 0 Å². The number of hydrogen-bond donors (Lipinski definition) is 1. The molecule has 0 bridgehead atoms. The Kier molecular flexibility index (Phi) is 3.66. The van der Waals surface area contributed by atoms with Crippen LogP contribution in [0.25, 0.3) is 0 Å². The summed E-state index contributed by atoms with van der Waals surface area (Å²) in [5.74, 6) is 0.338. The van der Waals surface area contributed by atoms with Crippen molar-refractivity contribution in [2.24, 2.45) is 0 Å². The molecular weight excluding hydrogens is 281 g/mol. The summed E-state index contributed by atoms with van der Waals surface area (Å²) >= 11 is 5.87. The lowest BCUT2D eigenvalue weighted by Gasteiger charge is -2.36. The van der Waals surface area contributed by atoms with Crippen molar-refractivity contribution in [2.45, 2.75) is 31.5 Å². The first-order chi connectivity index (χ1) is 8.69. The van der Waals surface area contributed by atoms with Crippen molar-refractivity contribution in [3.8, 4) is 0 Å². The molecule has 1 fully saturated rings. The molecule has 0 amide bonds. The summed E-state index contributed by atoms with van der Waals surface area (Å²) in [7, 11) is 0. The summed E-state index contributed by atoms with van der Waals surface area (Å²) in [6.07, 6.45) is -2.59. The molecule has 0 atom stereocenters. The molecule has 2 heterocycles. The largest absolute Gasteiger partial charge is 0.417 e. The Morgan fingerprint density at radius 1 is 1.37 bits per heavy atom. The standard InChI is InChI=1S/C12H14ClF3N2O/c1-11(19)2-4-18(5-3-11)10-9(13)6-8(7-17-10)12(14,15)16/h6-7,19H,2-5H2,1H3. The number of aromatic nitrogens is 1. The topological polar surface area (TPSA) is 36.4 Å². The molecule has 1 aromatic rings. The first-order valence-electron chi connectivity index (χ1n) is 5.89. The maximum absolute atomic E-state index is 12.5. The third-order valence-corrected chi connectivity index (χ3v) is 3.57. The summed E-state index contributed by atoms with van der Waals surface area (Å²) in [6.45, 7) is 2.78. The maximum atomic E-state index is 12.5. The van der Waals surface area contributed by atoms with Gasteiger partial charge in [0.1, 0.15) is 5.82 Å². The van der Waals surface area contributed by atoms with Gasteiger partial charge < -0.3 is 10.0 Å². The Bertz CT molecular complexity index is 467. The highest BCUT2D eigenvalue weighted by molar-refractivity contribution is 6.33. The minimum absolute atomic E-state index is 0.0173. The van der Waals surface area contributed by atoms with E-state index in [1.54, 1.807) is 11.8 Å². The van der Waals surface area contributed by atoms with Gasteiger partial charge in [0.05, 0.1) is 16.2 Å². The molecule has 0 radical (unpaired) electrons. The zero-order valence-corrected chi connectivity index (χ0v) is 11.1. The molecule has 2 rings (SSSR count). The van der Waals surface area contributed by atoms with Crippen LogP contribution in [0.1, 0.15) is 25.3 Å². The van der Waals surface area contributed by atoms with Crippen LogP contribution in [0.15, 0.2) is 12.3 Å². The molecule has 1 aliphatic rings. The van der Waals surface area contributed by atoms with Crippen LogP contribution >= 0.6 is 11.6 Å². The number of piperidine rings is 1. The van der Waals surface area contributed by atoms with Gasteiger partial charge in [0, 0.05) is 19.3 Å². The van der Waals surface area contributed by atoms with E-state index >= 15 is 0 Å². The molecule has 0 spiro atoms. The van der Waals surface area contributed by atoms with Crippen molar-refractivity contribution in [2.75, 3.05) is 18.0 Å². The van der Waals surface area contributed by atoms with Crippen molar-refractivity contribution in [1.82, 2.24) is 4.98 Å². The van der Waals surface area contributed by atoms with Gasteiger partial charge in [-0.3, -0.25) is 0 Å². The fourth-order valence-corrected chi connectivity index (χ4v) is 2.30. The predicted molar refractivity (Wildman–Crippen MR) is 66.3 cm³/mol. The van der Waals surface area contributed by atoms with Gasteiger partial charge in [0.25, 0.3) is 0 Å². The van der Waals surface area contributed by atoms with Gasteiger partial charge in [-0.05, 0) is 25.8 Å². The average Bonchev–Trinajstić information content (AvgIpc) is 2.28. The van der Waals surface area contributed by atoms with Crippen LogP contribution in [-0.4, -0.2) is 28.8 Å². The minimum atomic E-state index is -4.44. The summed E-state index contributed by atoms with van der Waals surface area (Å²) in [6, 6.07) is 0.886. The number of anilines is 1. The van der Waals surface area contributed by atoms with E-state index in [4.69, 9.17) is 11.6 Å². The fraction of sp³-hybridized carbons (Fsp3) is 0.583. The molecule has 19 heavy (non-hydrogen) atoms. The third kappa shape index (κ3) is 3.30. The molecule has 1 aliphatic heterocycles. The van der Waals surface area contributed by atoms with E-state index in [0.29, 0.717) is 31.7 Å². The lowest BCUT2D eigenvalue weighted by molar-refractivity contribution is -0.137. The molecule has 0 saturated carbocycles. The number of pyridine rings is 1. The highest BCUT2D eigenvalue weighted by atomic mass is 35.5. The molecule has 0 aromatic carbocycles. The van der Waals surface area contributed by atoms with Gasteiger partial charge in [-0.1, -0.05) is 11.6 Å². The van der Waals surface area contributed by atoms with Crippen LogP contribution in [0.4, 0.5) is 19.0 Å². The van der Waals surface area contributed by atoms with Gasteiger partial charge in [-0.2, -0.15) is 13.2 Å². The first-order valence-corrected chi connectivity index (χ1v) is 6.27. The Labute approximate surface area is 114 Å². The SMILES string of the molecule is CC1(O)CCN(c2ncc(C(F)(F)F)cc2Cl)CC1. The summed E-state index contributed by atoms with van der Waals surface area (Å²) in [5, 5.41) is 9.81. The van der Waals surface area contributed by atoms with Crippen molar-refractivity contribution in [1.29, 1.82) is 0 Å². The van der Waals surface area contributed by atoms with Crippen LogP contribution in [0.3, 0.4) is 0 Å². The number of rotatable bonds is 1. The molecule has 106 valence electrons. The Hall–Kier alpha value is -1.01. The van der Waals surface area contributed by atoms with Gasteiger partial charge in [0.15, 0.2) is 0 Å². The van der Waals surface area contributed by atoms with Gasteiger partial charge in [0.2, 0.25) is 0 Å². The summed E-state index contributed by atoms with van der Waals surface area (Å²) < 4.78 is 37.5. The van der Waals surface area contributed by atoms with Crippen molar-refractivity contribution >= 4 is 17.4 Å². The van der Waals surface area contributed by atoms with Crippen LogP contribution in [0.2, 0.25) is 5.02 Å². The van der Waals surface area contributed by atoms with Crippen molar-refractivity contribution < 1.29 is 18.3 Å². The van der Waals surface area contributed by atoms with Gasteiger partial charge >= 0.3 is 6.18 Å². The van der Waals surface area contributed by atoms with E-state index in [9.17, 15) is 18.3 Å². The lowest BCUT2D eigenvalue weighted by atomic mass is 9.94. The highest BCUT2D eigenvalue weighted by Crippen LogP contribution is 2.34. The second kappa shape index (κ2) is 4.83. The predicted octanol–water partition coefficient (Wildman–Crippen LogP) is 3.11. The monoisotopic (exact) mass is 294 g/mol. The number of alkyl halides is 3. The smallest absolute Gasteiger partial charge is 0.390 e. The van der Waals surface area contributed by atoms with Crippen molar-refractivity contribution in [3.63, 3.8) is 0 Å². The minimum Gasteiger partial charge on any atom is -0.390 e. The lowest BCUT2D eigenvalue weighted by Crippen LogP contribution is -2.42. The van der Waals surface area contributed by atoms with E-state index in [0.717, 1.165) is 12.3 Å².